The molecule has 0 aliphatic carbocycles. The molecule has 0 aliphatic rings. The Kier molecular flexibility index (Phi) is 4.03. The van der Waals surface area contributed by atoms with Gasteiger partial charge in [0, 0.05) is 22.5 Å². The van der Waals surface area contributed by atoms with Crippen LogP contribution in [0, 0.1) is 6.92 Å². The second-order valence-corrected chi connectivity index (χ2v) is 6.60. The molecule has 0 atom stereocenters. The molecule has 0 saturated carbocycles. The van der Waals surface area contributed by atoms with Crippen molar-refractivity contribution >= 4 is 33.3 Å². The van der Waals surface area contributed by atoms with Crippen LogP contribution in [0.25, 0.3) is 22.4 Å². The molecule has 0 unspecified atom stereocenters. The molecule has 0 fully saturated rings. The molecule has 0 radical (unpaired) electrons. The number of amides is 1. The van der Waals surface area contributed by atoms with Gasteiger partial charge in [-0.3, -0.25) is 9.78 Å². The number of rotatable bonds is 4. The third-order valence-corrected chi connectivity index (χ3v) is 4.60. The Balaban J connectivity index is 1.48. The van der Waals surface area contributed by atoms with Crippen LogP contribution in [0.4, 0.5) is 5.13 Å². The number of hydrogen-bond acceptors (Lipinski definition) is 5. The molecule has 124 valence electrons. The van der Waals surface area contributed by atoms with Crippen LogP contribution in [0.15, 0.2) is 58.7 Å². The summed E-state index contributed by atoms with van der Waals surface area (Å²) in [5.74, 6) is -0.120. The van der Waals surface area contributed by atoms with Crippen molar-refractivity contribution in [1.82, 2.24) is 9.97 Å². The van der Waals surface area contributed by atoms with E-state index < -0.39 is 0 Å². The van der Waals surface area contributed by atoms with Crippen LogP contribution in [-0.2, 0) is 11.2 Å². The summed E-state index contributed by atoms with van der Waals surface area (Å²) >= 11 is 1.38. The highest BCUT2D eigenvalue weighted by molar-refractivity contribution is 7.14. The highest BCUT2D eigenvalue weighted by Crippen LogP contribution is 2.25. The van der Waals surface area contributed by atoms with E-state index in [9.17, 15) is 4.79 Å². The first-order valence-electron chi connectivity index (χ1n) is 7.82. The molecule has 3 heterocycles. The van der Waals surface area contributed by atoms with E-state index >= 15 is 0 Å². The molecule has 0 saturated heterocycles. The van der Waals surface area contributed by atoms with Crippen molar-refractivity contribution in [3.8, 4) is 11.4 Å². The topological polar surface area (TPSA) is 68.0 Å². The Labute approximate surface area is 148 Å². The monoisotopic (exact) mass is 349 g/mol. The number of aryl methyl sites for hydroxylation is 1. The Hall–Kier alpha value is -2.99. The highest BCUT2D eigenvalue weighted by Gasteiger charge is 2.13. The number of thiazole rings is 1. The lowest BCUT2D eigenvalue weighted by atomic mass is 10.1. The third kappa shape index (κ3) is 3.29. The van der Waals surface area contributed by atoms with Gasteiger partial charge < -0.3 is 9.73 Å². The molecule has 0 bridgehead atoms. The molecule has 0 aliphatic heterocycles. The SMILES string of the molecule is Cc1ccc2c(CC(=O)Nc3nc(-c4ccccn4)cs3)coc2c1. The Morgan fingerprint density at radius 2 is 2.16 bits per heavy atom. The predicted octanol–water partition coefficient (Wildman–Crippen LogP) is 4.44. The number of nitrogens with zero attached hydrogens (tertiary/aromatic N) is 2. The van der Waals surface area contributed by atoms with Gasteiger partial charge in [-0.15, -0.1) is 11.3 Å². The van der Waals surface area contributed by atoms with Gasteiger partial charge in [-0.25, -0.2) is 4.98 Å². The smallest absolute Gasteiger partial charge is 0.230 e. The molecular formula is C19H15N3O2S. The molecule has 4 rings (SSSR count). The van der Waals surface area contributed by atoms with Crippen molar-refractivity contribution in [3.63, 3.8) is 0 Å². The van der Waals surface area contributed by atoms with Gasteiger partial charge in [0.15, 0.2) is 5.13 Å². The zero-order valence-electron chi connectivity index (χ0n) is 13.5. The minimum Gasteiger partial charge on any atom is -0.464 e. The highest BCUT2D eigenvalue weighted by atomic mass is 32.1. The van der Waals surface area contributed by atoms with E-state index in [1.807, 2.05) is 48.7 Å². The minimum absolute atomic E-state index is 0.120. The summed E-state index contributed by atoms with van der Waals surface area (Å²) in [5, 5.41) is 6.26. The van der Waals surface area contributed by atoms with E-state index in [0.29, 0.717) is 5.13 Å². The number of fused-ring (bicyclic) bond motifs is 1. The van der Waals surface area contributed by atoms with Crippen LogP contribution in [-0.4, -0.2) is 15.9 Å². The molecule has 25 heavy (non-hydrogen) atoms. The quantitative estimate of drug-likeness (QED) is 0.591. The Morgan fingerprint density at radius 1 is 1.24 bits per heavy atom. The number of carbonyl (C=O) groups is 1. The summed E-state index contributed by atoms with van der Waals surface area (Å²) in [5.41, 5.74) is 4.34. The first-order chi connectivity index (χ1) is 12.2. The van der Waals surface area contributed by atoms with E-state index in [0.717, 1.165) is 33.5 Å². The maximum atomic E-state index is 12.3. The number of hydrogen-bond donors (Lipinski definition) is 1. The average molecular weight is 349 g/mol. The Bertz CT molecular complexity index is 1040. The maximum absolute atomic E-state index is 12.3. The van der Waals surface area contributed by atoms with E-state index in [-0.39, 0.29) is 12.3 Å². The third-order valence-electron chi connectivity index (χ3n) is 3.84. The van der Waals surface area contributed by atoms with Crippen molar-refractivity contribution in [2.45, 2.75) is 13.3 Å². The summed E-state index contributed by atoms with van der Waals surface area (Å²) in [6, 6.07) is 11.6. The summed E-state index contributed by atoms with van der Waals surface area (Å²) in [6.07, 6.45) is 3.61. The zero-order valence-corrected chi connectivity index (χ0v) is 14.3. The molecule has 5 nitrogen and oxygen atoms in total. The first-order valence-corrected chi connectivity index (χ1v) is 8.70. The lowest BCUT2D eigenvalue weighted by molar-refractivity contribution is -0.115. The van der Waals surface area contributed by atoms with Crippen LogP contribution in [0.5, 0.6) is 0 Å². The maximum Gasteiger partial charge on any atom is 0.230 e. The van der Waals surface area contributed by atoms with E-state index in [1.165, 1.54) is 11.3 Å². The van der Waals surface area contributed by atoms with Gasteiger partial charge in [0.05, 0.1) is 18.4 Å². The number of aromatic nitrogens is 2. The van der Waals surface area contributed by atoms with E-state index in [1.54, 1.807) is 12.5 Å². The largest absolute Gasteiger partial charge is 0.464 e. The number of nitrogens with one attached hydrogen (secondary N) is 1. The predicted molar refractivity (Wildman–Crippen MR) is 98.6 cm³/mol. The second kappa shape index (κ2) is 6.49. The van der Waals surface area contributed by atoms with Crippen LogP contribution in [0.3, 0.4) is 0 Å². The van der Waals surface area contributed by atoms with E-state index in [4.69, 9.17) is 4.42 Å². The molecular weight excluding hydrogens is 334 g/mol. The summed E-state index contributed by atoms with van der Waals surface area (Å²) in [7, 11) is 0. The fourth-order valence-electron chi connectivity index (χ4n) is 2.63. The Morgan fingerprint density at radius 3 is 3.00 bits per heavy atom. The van der Waals surface area contributed by atoms with Gasteiger partial charge >= 0.3 is 0 Å². The van der Waals surface area contributed by atoms with Crippen molar-refractivity contribution in [2.24, 2.45) is 0 Å². The van der Waals surface area contributed by atoms with Crippen LogP contribution in [0.1, 0.15) is 11.1 Å². The zero-order chi connectivity index (χ0) is 17.2. The number of furan rings is 1. The lowest BCUT2D eigenvalue weighted by Crippen LogP contribution is -2.13. The normalized spacial score (nSPS) is 10.9. The standard InChI is InChI=1S/C19H15N3O2S/c1-12-5-6-14-13(10-24-17(14)8-12)9-18(23)22-19-21-16(11-25-19)15-4-2-3-7-20-15/h2-8,10-11H,9H2,1H3,(H,21,22,23). The molecule has 0 spiro atoms. The number of carbonyl (C=O) groups excluding carboxylic acids is 1. The van der Waals surface area contributed by atoms with Crippen LogP contribution in [0.2, 0.25) is 0 Å². The second-order valence-electron chi connectivity index (χ2n) is 5.74. The van der Waals surface area contributed by atoms with Gasteiger partial charge in [-0.2, -0.15) is 0 Å². The number of anilines is 1. The van der Waals surface area contributed by atoms with Gasteiger partial charge in [0.2, 0.25) is 5.91 Å². The minimum atomic E-state index is -0.120. The first kappa shape index (κ1) is 15.5. The molecule has 1 N–H and O–H groups in total. The van der Waals surface area contributed by atoms with Gasteiger partial charge in [0.1, 0.15) is 11.3 Å². The van der Waals surface area contributed by atoms with Crippen molar-refractivity contribution < 1.29 is 9.21 Å². The molecule has 1 aromatic carbocycles. The van der Waals surface area contributed by atoms with Crippen LogP contribution >= 0.6 is 11.3 Å². The molecule has 4 aromatic rings. The van der Waals surface area contributed by atoms with Crippen LogP contribution < -0.4 is 5.32 Å². The fraction of sp³-hybridized carbons (Fsp3) is 0.105. The lowest BCUT2D eigenvalue weighted by Gasteiger charge is -2.00. The van der Waals surface area contributed by atoms with Crippen molar-refractivity contribution in [2.75, 3.05) is 5.32 Å². The fourth-order valence-corrected chi connectivity index (χ4v) is 3.35. The molecule has 6 heteroatoms. The van der Waals surface area contributed by atoms with Gasteiger partial charge in [-0.1, -0.05) is 18.2 Å². The van der Waals surface area contributed by atoms with E-state index in [2.05, 4.69) is 15.3 Å². The molecule has 1 amide bonds. The summed E-state index contributed by atoms with van der Waals surface area (Å²) in [6.45, 7) is 2.01. The van der Waals surface area contributed by atoms with Gasteiger partial charge in [0.25, 0.3) is 0 Å². The molecule has 3 aromatic heterocycles. The average Bonchev–Trinajstić information content (AvgIpc) is 3.23. The number of benzene rings is 1. The van der Waals surface area contributed by atoms with Crippen molar-refractivity contribution in [3.05, 3.63) is 65.4 Å². The summed E-state index contributed by atoms with van der Waals surface area (Å²) < 4.78 is 5.54. The summed E-state index contributed by atoms with van der Waals surface area (Å²) in [4.78, 5) is 21.0. The number of pyridine rings is 1. The van der Waals surface area contributed by atoms with Crippen molar-refractivity contribution in [1.29, 1.82) is 0 Å². The van der Waals surface area contributed by atoms with Gasteiger partial charge in [-0.05, 0) is 30.7 Å².